The lowest BCUT2D eigenvalue weighted by Crippen LogP contribution is -2.07. The summed E-state index contributed by atoms with van der Waals surface area (Å²) in [6.45, 7) is 8.02. The summed E-state index contributed by atoms with van der Waals surface area (Å²) in [7, 11) is 0. The summed E-state index contributed by atoms with van der Waals surface area (Å²) >= 11 is 0. The molecule has 0 amide bonds. The van der Waals surface area contributed by atoms with Gasteiger partial charge in [-0.3, -0.25) is 0 Å². The van der Waals surface area contributed by atoms with Gasteiger partial charge in [-0.1, -0.05) is 56.3 Å². The molecule has 5 aromatic rings. The van der Waals surface area contributed by atoms with E-state index < -0.39 is 0 Å². The fraction of sp³-hybridized carbons (Fsp3) is 0.259. The van der Waals surface area contributed by atoms with Crippen LogP contribution in [0.2, 0.25) is 0 Å². The van der Waals surface area contributed by atoms with Gasteiger partial charge in [0, 0.05) is 11.9 Å². The molecule has 0 saturated heterocycles. The quantitative estimate of drug-likeness (QED) is 0.295. The molecule has 0 radical (unpaired) electrons. The smallest absolute Gasteiger partial charge is 0.160 e. The van der Waals surface area contributed by atoms with Crippen LogP contribution in [0.25, 0.3) is 33.1 Å². The molecule has 2 aromatic heterocycles. The third-order valence-corrected chi connectivity index (χ3v) is 5.83. The summed E-state index contributed by atoms with van der Waals surface area (Å²) in [6.07, 6.45) is 0.897. The van der Waals surface area contributed by atoms with Gasteiger partial charge in [0.2, 0.25) is 0 Å². The van der Waals surface area contributed by atoms with E-state index in [1.165, 1.54) is 16.6 Å². The maximum atomic E-state index is 6.22. The summed E-state index contributed by atoms with van der Waals surface area (Å²) in [5.74, 6) is 1.44. The minimum Gasteiger partial charge on any atom is -0.493 e. The lowest BCUT2D eigenvalue weighted by molar-refractivity contribution is 0.299. The van der Waals surface area contributed by atoms with Crippen molar-refractivity contribution in [3.8, 4) is 5.75 Å². The highest BCUT2D eigenvalue weighted by molar-refractivity contribution is 6.06. The number of rotatable bonds is 6. The number of ether oxygens (including phenoxy) is 1. The van der Waals surface area contributed by atoms with Crippen LogP contribution in [0.15, 0.2) is 66.7 Å². The maximum Gasteiger partial charge on any atom is 0.160 e. The molecule has 0 aliphatic heterocycles. The Bertz CT molecular complexity index is 1380. The molecule has 4 heteroatoms. The number of nitrogens with zero attached hydrogens (tertiary/aromatic N) is 3. The zero-order chi connectivity index (χ0) is 21.4. The van der Waals surface area contributed by atoms with E-state index in [0.717, 1.165) is 46.3 Å². The molecule has 3 aromatic carbocycles. The number of fused-ring (bicyclic) bond motifs is 4. The molecule has 0 N–H and O–H groups in total. The molecule has 0 atom stereocenters. The predicted molar refractivity (Wildman–Crippen MR) is 128 cm³/mol. The van der Waals surface area contributed by atoms with Crippen LogP contribution >= 0.6 is 0 Å². The van der Waals surface area contributed by atoms with Crippen LogP contribution in [-0.2, 0) is 6.54 Å². The number of para-hydroxylation sites is 3. The van der Waals surface area contributed by atoms with Crippen molar-refractivity contribution in [3.05, 3.63) is 77.9 Å². The standard InChI is InChI=1S/C27H27N3O/c1-18(2)20-14-13-19(3)17-25(20)31-16-8-15-30-24-12-7-4-9-21(24)26-27(30)29-23-11-6-5-10-22(23)28-26/h4-7,9-14,17-18H,8,15-16H2,1-3H3. The summed E-state index contributed by atoms with van der Waals surface area (Å²) in [4.78, 5) is 9.89. The maximum absolute atomic E-state index is 6.22. The molecule has 2 heterocycles. The second-order valence-electron chi connectivity index (χ2n) is 8.45. The zero-order valence-corrected chi connectivity index (χ0v) is 18.3. The Balaban J connectivity index is 1.44. The van der Waals surface area contributed by atoms with E-state index in [1.807, 2.05) is 24.3 Å². The zero-order valence-electron chi connectivity index (χ0n) is 18.3. The van der Waals surface area contributed by atoms with Crippen LogP contribution in [0.4, 0.5) is 0 Å². The third kappa shape index (κ3) is 3.63. The van der Waals surface area contributed by atoms with E-state index >= 15 is 0 Å². The minimum absolute atomic E-state index is 0.441. The molecule has 5 rings (SSSR count). The second kappa shape index (κ2) is 8.03. The molecule has 156 valence electrons. The van der Waals surface area contributed by atoms with Crippen molar-refractivity contribution in [3.63, 3.8) is 0 Å². The first-order chi connectivity index (χ1) is 15.1. The Morgan fingerprint density at radius 1 is 0.903 bits per heavy atom. The molecule has 0 fully saturated rings. The third-order valence-electron chi connectivity index (χ3n) is 5.83. The van der Waals surface area contributed by atoms with Crippen LogP contribution in [0.3, 0.4) is 0 Å². The number of aromatic nitrogens is 3. The normalized spacial score (nSPS) is 11.7. The van der Waals surface area contributed by atoms with Gasteiger partial charge in [0.05, 0.1) is 23.2 Å². The molecule has 0 bridgehead atoms. The summed E-state index contributed by atoms with van der Waals surface area (Å²) in [5.41, 5.74) is 7.43. The van der Waals surface area contributed by atoms with Gasteiger partial charge in [0.25, 0.3) is 0 Å². The summed E-state index contributed by atoms with van der Waals surface area (Å²) < 4.78 is 8.51. The van der Waals surface area contributed by atoms with Crippen molar-refractivity contribution in [2.45, 2.75) is 39.7 Å². The predicted octanol–water partition coefficient (Wildman–Crippen LogP) is 6.64. The van der Waals surface area contributed by atoms with Crippen molar-refractivity contribution < 1.29 is 4.74 Å². The largest absolute Gasteiger partial charge is 0.493 e. The topological polar surface area (TPSA) is 39.9 Å². The molecule has 0 unspecified atom stereocenters. The molecular weight excluding hydrogens is 382 g/mol. The van der Waals surface area contributed by atoms with Crippen LogP contribution < -0.4 is 4.74 Å². The fourth-order valence-corrected chi connectivity index (χ4v) is 4.26. The minimum atomic E-state index is 0.441. The molecule has 0 saturated carbocycles. The van der Waals surface area contributed by atoms with Crippen LogP contribution in [0.1, 0.15) is 37.3 Å². The number of hydrogen-bond donors (Lipinski definition) is 0. The van der Waals surface area contributed by atoms with Gasteiger partial charge in [-0.2, -0.15) is 0 Å². The average molecular weight is 410 g/mol. The fourth-order valence-electron chi connectivity index (χ4n) is 4.26. The lowest BCUT2D eigenvalue weighted by atomic mass is 10.0. The Morgan fingerprint density at radius 2 is 1.65 bits per heavy atom. The second-order valence-corrected chi connectivity index (χ2v) is 8.45. The van der Waals surface area contributed by atoms with Crippen molar-refractivity contribution in [2.75, 3.05) is 6.61 Å². The molecule has 0 aliphatic carbocycles. The van der Waals surface area contributed by atoms with Crippen molar-refractivity contribution in [1.29, 1.82) is 0 Å². The molecule has 0 spiro atoms. The van der Waals surface area contributed by atoms with E-state index in [-0.39, 0.29) is 0 Å². The van der Waals surface area contributed by atoms with E-state index in [4.69, 9.17) is 14.7 Å². The highest BCUT2D eigenvalue weighted by atomic mass is 16.5. The van der Waals surface area contributed by atoms with Crippen LogP contribution in [-0.4, -0.2) is 21.1 Å². The number of benzene rings is 3. The highest BCUT2D eigenvalue weighted by Crippen LogP contribution is 2.29. The SMILES string of the molecule is Cc1ccc(C(C)C)c(OCCCn2c3ccccc3c3nc4ccccc4nc32)c1. The van der Waals surface area contributed by atoms with E-state index in [9.17, 15) is 0 Å². The first-order valence-electron chi connectivity index (χ1n) is 11.0. The Labute approximate surface area is 182 Å². The average Bonchev–Trinajstić information content (AvgIpc) is 3.08. The molecule has 4 nitrogen and oxygen atoms in total. The van der Waals surface area contributed by atoms with Gasteiger partial charge in [0.1, 0.15) is 11.3 Å². The van der Waals surface area contributed by atoms with E-state index in [0.29, 0.717) is 12.5 Å². The summed E-state index contributed by atoms with van der Waals surface area (Å²) in [6, 6.07) is 23.0. The van der Waals surface area contributed by atoms with Crippen LogP contribution in [0, 0.1) is 6.92 Å². The Morgan fingerprint density at radius 3 is 2.45 bits per heavy atom. The van der Waals surface area contributed by atoms with Crippen molar-refractivity contribution in [2.24, 2.45) is 0 Å². The van der Waals surface area contributed by atoms with Crippen molar-refractivity contribution in [1.82, 2.24) is 14.5 Å². The Hall–Kier alpha value is -3.40. The lowest BCUT2D eigenvalue weighted by Gasteiger charge is -2.15. The molecular formula is C27H27N3O. The summed E-state index contributed by atoms with van der Waals surface area (Å²) in [5, 5.41) is 1.15. The van der Waals surface area contributed by atoms with Gasteiger partial charge in [-0.05, 0) is 54.7 Å². The van der Waals surface area contributed by atoms with Crippen molar-refractivity contribution >= 4 is 33.1 Å². The van der Waals surface area contributed by atoms with E-state index in [2.05, 4.69) is 67.8 Å². The number of hydrogen-bond acceptors (Lipinski definition) is 3. The first-order valence-corrected chi connectivity index (χ1v) is 11.0. The van der Waals surface area contributed by atoms with Gasteiger partial charge in [-0.25, -0.2) is 9.97 Å². The molecule has 31 heavy (non-hydrogen) atoms. The highest BCUT2D eigenvalue weighted by Gasteiger charge is 2.14. The monoisotopic (exact) mass is 409 g/mol. The number of aryl methyl sites for hydroxylation is 2. The van der Waals surface area contributed by atoms with E-state index in [1.54, 1.807) is 0 Å². The van der Waals surface area contributed by atoms with Gasteiger partial charge in [-0.15, -0.1) is 0 Å². The van der Waals surface area contributed by atoms with Crippen LogP contribution in [0.5, 0.6) is 5.75 Å². The Kier molecular flexibility index (Phi) is 5.06. The first kappa shape index (κ1) is 19.6. The van der Waals surface area contributed by atoms with Gasteiger partial charge < -0.3 is 9.30 Å². The van der Waals surface area contributed by atoms with Gasteiger partial charge in [0.15, 0.2) is 5.65 Å². The van der Waals surface area contributed by atoms with Gasteiger partial charge >= 0.3 is 0 Å². The molecule has 0 aliphatic rings.